The zero-order chi connectivity index (χ0) is 19.6. The monoisotopic (exact) mass is 402 g/mol. The predicted octanol–water partition coefficient (Wildman–Crippen LogP) is 2.81. The zero-order valence-electron chi connectivity index (χ0n) is 15.8. The van der Waals surface area contributed by atoms with E-state index in [0.29, 0.717) is 21.9 Å². The van der Waals surface area contributed by atoms with Gasteiger partial charge >= 0.3 is 0 Å². The Morgan fingerprint density at radius 3 is 2.56 bits per heavy atom. The number of carbonyl (C=O) groups excluding carboxylic acids is 1. The third-order valence-electron chi connectivity index (χ3n) is 4.27. The number of thiophene rings is 1. The molecule has 0 atom stereocenters. The van der Waals surface area contributed by atoms with Crippen LogP contribution in [0, 0.1) is 0 Å². The van der Waals surface area contributed by atoms with E-state index >= 15 is 0 Å². The molecule has 0 radical (unpaired) electrons. The van der Waals surface area contributed by atoms with Crippen LogP contribution in [0.15, 0.2) is 45.7 Å². The molecule has 0 aliphatic rings. The SMILES string of the molecule is CN(Cc1ccc(N(C)C)cc1)C(=O)CSc1nc2ccsc2c(=O)n1C. The fourth-order valence-electron chi connectivity index (χ4n) is 2.59. The van der Waals surface area contributed by atoms with Gasteiger partial charge in [0.2, 0.25) is 5.91 Å². The van der Waals surface area contributed by atoms with Gasteiger partial charge in [-0.15, -0.1) is 11.3 Å². The summed E-state index contributed by atoms with van der Waals surface area (Å²) in [6.07, 6.45) is 0. The average Bonchev–Trinajstić information content (AvgIpc) is 3.12. The van der Waals surface area contributed by atoms with E-state index in [1.807, 2.05) is 54.7 Å². The van der Waals surface area contributed by atoms with Crippen LogP contribution in [0.3, 0.4) is 0 Å². The molecule has 0 N–H and O–H groups in total. The maximum atomic E-state index is 12.5. The maximum Gasteiger partial charge on any atom is 0.271 e. The van der Waals surface area contributed by atoms with Crippen LogP contribution in [0.4, 0.5) is 5.69 Å². The van der Waals surface area contributed by atoms with Gasteiger partial charge in [-0.05, 0) is 29.1 Å². The Kier molecular flexibility index (Phi) is 5.86. The Hall–Kier alpha value is -2.32. The summed E-state index contributed by atoms with van der Waals surface area (Å²) in [6.45, 7) is 0.545. The number of aromatic nitrogens is 2. The molecular weight excluding hydrogens is 380 g/mol. The van der Waals surface area contributed by atoms with Crippen molar-refractivity contribution in [2.24, 2.45) is 7.05 Å². The zero-order valence-corrected chi connectivity index (χ0v) is 17.4. The number of hydrogen-bond donors (Lipinski definition) is 0. The molecule has 6 nitrogen and oxygen atoms in total. The Balaban J connectivity index is 1.63. The van der Waals surface area contributed by atoms with Crippen LogP contribution in [0.1, 0.15) is 5.56 Å². The molecule has 3 aromatic rings. The van der Waals surface area contributed by atoms with Crippen molar-refractivity contribution in [2.45, 2.75) is 11.7 Å². The van der Waals surface area contributed by atoms with Gasteiger partial charge < -0.3 is 9.80 Å². The number of rotatable bonds is 6. The van der Waals surface area contributed by atoms with Crippen LogP contribution in [-0.2, 0) is 18.4 Å². The summed E-state index contributed by atoms with van der Waals surface area (Å²) in [5.41, 5.74) is 2.82. The van der Waals surface area contributed by atoms with Gasteiger partial charge in [0.1, 0.15) is 4.70 Å². The number of carbonyl (C=O) groups is 1. The van der Waals surface area contributed by atoms with Gasteiger partial charge in [0.15, 0.2) is 5.16 Å². The molecule has 27 heavy (non-hydrogen) atoms. The minimum atomic E-state index is -0.0701. The molecule has 8 heteroatoms. The molecule has 3 rings (SSSR count). The molecule has 1 amide bonds. The van der Waals surface area contributed by atoms with Gasteiger partial charge in [0.25, 0.3) is 5.56 Å². The highest BCUT2D eigenvalue weighted by Gasteiger charge is 2.14. The van der Waals surface area contributed by atoms with Gasteiger partial charge in [0, 0.05) is 40.4 Å². The molecule has 0 bridgehead atoms. The molecule has 0 fully saturated rings. The number of fused-ring (bicyclic) bond motifs is 1. The first-order valence-corrected chi connectivity index (χ1v) is 10.3. The van der Waals surface area contributed by atoms with Crippen molar-refractivity contribution in [2.75, 3.05) is 31.8 Å². The highest BCUT2D eigenvalue weighted by molar-refractivity contribution is 7.99. The molecule has 0 saturated carbocycles. The van der Waals surface area contributed by atoms with Crippen LogP contribution < -0.4 is 10.5 Å². The van der Waals surface area contributed by atoms with E-state index < -0.39 is 0 Å². The summed E-state index contributed by atoms with van der Waals surface area (Å²) >= 11 is 2.68. The van der Waals surface area contributed by atoms with Gasteiger partial charge in [-0.2, -0.15) is 0 Å². The van der Waals surface area contributed by atoms with Crippen molar-refractivity contribution in [3.05, 3.63) is 51.6 Å². The van der Waals surface area contributed by atoms with Crippen molar-refractivity contribution in [3.63, 3.8) is 0 Å². The lowest BCUT2D eigenvalue weighted by atomic mass is 10.2. The number of anilines is 1. The first-order valence-electron chi connectivity index (χ1n) is 8.44. The number of amides is 1. The quantitative estimate of drug-likeness (QED) is 0.469. The summed E-state index contributed by atoms with van der Waals surface area (Å²) in [4.78, 5) is 33.0. The number of nitrogens with zero attached hydrogens (tertiary/aromatic N) is 4. The van der Waals surface area contributed by atoms with E-state index in [0.717, 1.165) is 11.3 Å². The maximum absolute atomic E-state index is 12.5. The van der Waals surface area contributed by atoms with Crippen LogP contribution in [-0.4, -0.2) is 47.3 Å². The largest absolute Gasteiger partial charge is 0.378 e. The molecule has 1 aromatic carbocycles. The van der Waals surface area contributed by atoms with Crippen molar-refractivity contribution in [3.8, 4) is 0 Å². The molecule has 0 unspecified atom stereocenters. The second-order valence-corrected chi connectivity index (χ2v) is 8.35. The minimum Gasteiger partial charge on any atom is -0.378 e. The summed E-state index contributed by atoms with van der Waals surface area (Å²) in [6, 6.07) is 9.97. The van der Waals surface area contributed by atoms with Crippen LogP contribution in [0.25, 0.3) is 10.2 Å². The molecule has 0 spiro atoms. The van der Waals surface area contributed by atoms with Crippen molar-refractivity contribution < 1.29 is 4.79 Å². The van der Waals surface area contributed by atoms with Crippen LogP contribution in [0.2, 0.25) is 0 Å². The van der Waals surface area contributed by atoms with Gasteiger partial charge in [-0.25, -0.2) is 4.98 Å². The van der Waals surface area contributed by atoms with E-state index in [1.54, 1.807) is 19.0 Å². The van der Waals surface area contributed by atoms with Crippen LogP contribution >= 0.6 is 23.1 Å². The lowest BCUT2D eigenvalue weighted by molar-refractivity contribution is -0.127. The Bertz CT molecular complexity index is 1010. The standard InChI is InChI=1S/C19H22N4O2S2/c1-21(2)14-7-5-13(6-8-14)11-22(3)16(24)12-27-19-20-15-9-10-26-17(15)18(25)23(19)4/h5-10H,11-12H2,1-4H3. The fourth-order valence-corrected chi connectivity index (χ4v) is 4.31. The van der Waals surface area contributed by atoms with Gasteiger partial charge in [0.05, 0.1) is 11.3 Å². The normalized spacial score (nSPS) is 11.0. The average molecular weight is 403 g/mol. The molecule has 0 aliphatic heterocycles. The molecule has 142 valence electrons. The summed E-state index contributed by atoms with van der Waals surface area (Å²) < 4.78 is 2.16. The first-order chi connectivity index (χ1) is 12.9. The Labute approximate surface area is 166 Å². The molecular formula is C19H22N4O2S2. The van der Waals surface area contributed by atoms with Gasteiger partial charge in [-0.3, -0.25) is 14.2 Å². The van der Waals surface area contributed by atoms with Crippen molar-refractivity contribution >= 4 is 44.9 Å². The second kappa shape index (κ2) is 8.14. The van der Waals surface area contributed by atoms with E-state index in [2.05, 4.69) is 4.98 Å². The number of thioether (sulfide) groups is 1. The smallest absolute Gasteiger partial charge is 0.271 e. The molecule has 2 heterocycles. The van der Waals surface area contributed by atoms with E-state index in [1.165, 1.54) is 27.7 Å². The highest BCUT2D eigenvalue weighted by Crippen LogP contribution is 2.20. The Morgan fingerprint density at radius 2 is 1.89 bits per heavy atom. The van der Waals surface area contributed by atoms with E-state index in [9.17, 15) is 9.59 Å². The van der Waals surface area contributed by atoms with E-state index in [-0.39, 0.29) is 17.2 Å². The molecule has 0 saturated heterocycles. The topological polar surface area (TPSA) is 58.4 Å². The summed E-state index contributed by atoms with van der Waals surface area (Å²) in [5.74, 6) is 0.235. The number of hydrogen-bond acceptors (Lipinski definition) is 6. The molecule has 2 aromatic heterocycles. The third-order valence-corrected chi connectivity index (χ3v) is 6.18. The summed E-state index contributed by atoms with van der Waals surface area (Å²) in [5, 5.41) is 2.41. The lowest BCUT2D eigenvalue weighted by Crippen LogP contribution is -2.28. The lowest BCUT2D eigenvalue weighted by Gasteiger charge is -2.18. The highest BCUT2D eigenvalue weighted by atomic mass is 32.2. The molecule has 0 aliphatic carbocycles. The third kappa shape index (κ3) is 4.33. The first kappa shape index (κ1) is 19.4. The predicted molar refractivity (Wildman–Crippen MR) is 113 cm³/mol. The van der Waals surface area contributed by atoms with Crippen LogP contribution in [0.5, 0.6) is 0 Å². The summed E-state index contributed by atoms with van der Waals surface area (Å²) in [7, 11) is 7.47. The fraction of sp³-hybridized carbons (Fsp3) is 0.316. The Morgan fingerprint density at radius 1 is 1.19 bits per heavy atom. The second-order valence-electron chi connectivity index (χ2n) is 6.49. The number of benzene rings is 1. The minimum absolute atomic E-state index is 0.00338. The van der Waals surface area contributed by atoms with Crippen molar-refractivity contribution in [1.29, 1.82) is 0 Å². The van der Waals surface area contributed by atoms with Gasteiger partial charge in [-0.1, -0.05) is 23.9 Å². The van der Waals surface area contributed by atoms with Crippen molar-refractivity contribution in [1.82, 2.24) is 14.5 Å². The van der Waals surface area contributed by atoms with E-state index in [4.69, 9.17) is 0 Å².